The lowest BCUT2D eigenvalue weighted by Crippen LogP contribution is -2.43. The Balaban J connectivity index is 3.28. The zero-order chi connectivity index (χ0) is 14.8. The average molecular weight is 415 g/mol. The van der Waals surface area contributed by atoms with Gasteiger partial charge in [0.2, 0.25) is 10.0 Å². The zero-order valence-electron chi connectivity index (χ0n) is 10.2. The molecule has 0 amide bonds. The van der Waals surface area contributed by atoms with Gasteiger partial charge < -0.3 is 10.9 Å². The summed E-state index contributed by atoms with van der Waals surface area (Å²) in [4.78, 5) is 0.0990. The molecule has 19 heavy (non-hydrogen) atoms. The number of oxime groups is 1. The Bertz CT molecular complexity index is 604. The standard InChI is InChI=1S/C10H13Br2N3O3S/c1-6(10(13)14-16)15(2)19(17,18)9-5-7(11)3-4-8(9)12/h3-6,16H,1-2H3,(H2,13,14). The molecule has 6 nitrogen and oxygen atoms in total. The number of amidine groups is 1. The third kappa shape index (κ3) is 3.47. The smallest absolute Gasteiger partial charge is 0.244 e. The molecule has 1 aromatic rings. The fourth-order valence-electron chi connectivity index (χ4n) is 1.31. The summed E-state index contributed by atoms with van der Waals surface area (Å²) in [5.41, 5.74) is 5.43. The van der Waals surface area contributed by atoms with Crippen molar-refractivity contribution in [2.75, 3.05) is 7.05 Å². The topological polar surface area (TPSA) is 96.0 Å². The number of benzene rings is 1. The Labute approximate surface area is 128 Å². The maximum atomic E-state index is 12.4. The number of sulfonamides is 1. The molecular formula is C10H13Br2N3O3S. The van der Waals surface area contributed by atoms with E-state index in [0.717, 1.165) is 4.31 Å². The molecule has 1 aromatic carbocycles. The molecule has 0 saturated heterocycles. The lowest BCUT2D eigenvalue weighted by Gasteiger charge is -2.23. The van der Waals surface area contributed by atoms with Gasteiger partial charge in [-0.25, -0.2) is 8.42 Å². The molecule has 9 heteroatoms. The van der Waals surface area contributed by atoms with E-state index in [1.165, 1.54) is 20.0 Å². The molecule has 0 saturated carbocycles. The van der Waals surface area contributed by atoms with E-state index in [2.05, 4.69) is 37.0 Å². The molecule has 1 unspecified atom stereocenters. The molecule has 0 aliphatic heterocycles. The van der Waals surface area contributed by atoms with E-state index in [1.807, 2.05) is 0 Å². The van der Waals surface area contributed by atoms with Crippen molar-refractivity contribution in [3.8, 4) is 0 Å². The highest BCUT2D eigenvalue weighted by molar-refractivity contribution is 9.11. The van der Waals surface area contributed by atoms with Crippen LogP contribution in [0.3, 0.4) is 0 Å². The summed E-state index contributed by atoms with van der Waals surface area (Å²) >= 11 is 6.43. The minimum Gasteiger partial charge on any atom is -0.409 e. The summed E-state index contributed by atoms with van der Waals surface area (Å²) in [5, 5.41) is 11.4. The van der Waals surface area contributed by atoms with Crippen LogP contribution in [-0.2, 0) is 10.0 Å². The molecule has 1 atom stereocenters. The van der Waals surface area contributed by atoms with Crippen molar-refractivity contribution in [2.45, 2.75) is 17.9 Å². The number of nitrogens with zero attached hydrogens (tertiary/aromatic N) is 2. The van der Waals surface area contributed by atoms with Crippen LogP contribution < -0.4 is 5.73 Å². The van der Waals surface area contributed by atoms with Crippen molar-refractivity contribution in [3.05, 3.63) is 27.1 Å². The number of halogens is 2. The molecule has 0 aliphatic carbocycles. The molecule has 0 fully saturated rings. The lowest BCUT2D eigenvalue weighted by molar-refractivity contribution is 0.311. The van der Waals surface area contributed by atoms with Gasteiger partial charge in [0.15, 0.2) is 5.84 Å². The SMILES string of the molecule is CC(C(N)=NO)N(C)S(=O)(=O)c1cc(Br)ccc1Br. The monoisotopic (exact) mass is 413 g/mol. The summed E-state index contributed by atoms with van der Waals surface area (Å²) in [6.45, 7) is 1.53. The summed E-state index contributed by atoms with van der Waals surface area (Å²) in [6.07, 6.45) is 0. The molecule has 0 aliphatic rings. The van der Waals surface area contributed by atoms with Gasteiger partial charge in [0.25, 0.3) is 0 Å². The minimum absolute atomic E-state index is 0.0990. The van der Waals surface area contributed by atoms with Gasteiger partial charge >= 0.3 is 0 Å². The van der Waals surface area contributed by atoms with Crippen LogP contribution in [0.4, 0.5) is 0 Å². The summed E-state index contributed by atoms with van der Waals surface area (Å²) < 4.78 is 27.0. The van der Waals surface area contributed by atoms with Crippen molar-refractivity contribution in [1.82, 2.24) is 4.31 Å². The van der Waals surface area contributed by atoms with Crippen LogP contribution >= 0.6 is 31.9 Å². The van der Waals surface area contributed by atoms with Gasteiger partial charge in [0.05, 0.1) is 10.9 Å². The Morgan fingerprint density at radius 3 is 2.58 bits per heavy atom. The second-order valence-electron chi connectivity index (χ2n) is 3.80. The number of nitrogens with two attached hydrogens (primary N) is 1. The van der Waals surface area contributed by atoms with Gasteiger partial charge in [-0.15, -0.1) is 0 Å². The Kier molecular flexibility index (Phi) is 5.36. The minimum atomic E-state index is -3.76. The molecule has 0 spiro atoms. The van der Waals surface area contributed by atoms with E-state index in [1.54, 1.807) is 12.1 Å². The first-order valence-electron chi connectivity index (χ1n) is 5.12. The van der Waals surface area contributed by atoms with E-state index in [9.17, 15) is 8.42 Å². The zero-order valence-corrected chi connectivity index (χ0v) is 14.2. The third-order valence-electron chi connectivity index (χ3n) is 2.64. The Morgan fingerprint density at radius 2 is 2.05 bits per heavy atom. The highest BCUT2D eigenvalue weighted by Crippen LogP contribution is 2.28. The fourth-order valence-corrected chi connectivity index (χ4v) is 4.11. The largest absolute Gasteiger partial charge is 0.409 e. The van der Waals surface area contributed by atoms with Crippen molar-refractivity contribution in [2.24, 2.45) is 10.9 Å². The van der Waals surface area contributed by atoms with Crippen LogP contribution in [0, 0.1) is 0 Å². The predicted molar refractivity (Wildman–Crippen MR) is 79.7 cm³/mol. The van der Waals surface area contributed by atoms with Gasteiger partial charge in [0.1, 0.15) is 0 Å². The maximum Gasteiger partial charge on any atom is 0.244 e. The molecule has 106 valence electrons. The van der Waals surface area contributed by atoms with Crippen LogP contribution in [0.1, 0.15) is 6.92 Å². The summed E-state index contributed by atoms with van der Waals surface area (Å²) in [6, 6.07) is 4.06. The molecule has 0 heterocycles. The van der Waals surface area contributed by atoms with Crippen LogP contribution in [0.15, 0.2) is 37.2 Å². The molecule has 0 radical (unpaired) electrons. The summed E-state index contributed by atoms with van der Waals surface area (Å²) in [5.74, 6) is -0.183. The van der Waals surface area contributed by atoms with Gasteiger partial charge in [-0.3, -0.25) is 0 Å². The molecule has 1 rings (SSSR count). The maximum absolute atomic E-state index is 12.4. The van der Waals surface area contributed by atoms with Crippen LogP contribution in [0.2, 0.25) is 0 Å². The predicted octanol–water partition coefficient (Wildman–Crippen LogP) is 1.97. The fraction of sp³-hybridized carbons (Fsp3) is 0.300. The van der Waals surface area contributed by atoms with Crippen molar-refractivity contribution < 1.29 is 13.6 Å². The number of rotatable bonds is 4. The highest BCUT2D eigenvalue weighted by atomic mass is 79.9. The first-order valence-corrected chi connectivity index (χ1v) is 8.15. The first kappa shape index (κ1) is 16.4. The van der Waals surface area contributed by atoms with Crippen LogP contribution in [0.25, 0.3) is 0 Å². The van der Waals surface area contributed by atoms with E-state index >= 15 is 0 Å². The molecule has 3 N–H and O–H groups in total. The average Bonchev–Trinajstić information content (AvgIpc) is 2.38. The first-order chi connectivity index (χ1) is 8.71. The molecule has 0 bridgehead atoms. The van der Waals surface area contributed by atoms with Gasteiger partial charge in [-0.2, -0.15) is 4.31 Å². The number of hydrogen-bond donors (Lipinski definition) is 2. The lowest BCUT2D eigenvalue weighted by atomic mass is 10.3. The Hall–Kier alpha value is -0.640. The molecule has 0 aromatic heterocycles. The number of hydrogen-bond acceptors (Lipinski definition) is 4. The Morgan fingerprint density at radius 1 is 1.47 bits per heavy atom. The van der Waals surface area contributed by atoms with E-state index in [4.69, 9.17) is 10.9 Å². The van der Waals surface area contributed by atoms with Gasteiger partial charge in [-0.1, -0.05) is 21.1 Å². The van der Waals surface area contributed by atoms with Gasteiger partial charge in [-0.05, 0) is 41.1 Å². The van der Waals surface area contributed by atoms with E-state index in [-0.39, 0.29) is 10.7 Å². The van der Waals surface area contributed by atoms with Crippen LogP contribution in [-0.4, -0.2) is 36.9 Å². The van der Waals surface area contributed by atoms with Crippen LogP contribution in [0.5, 0.6) is 0 Å². The van der Waals surface area contributed by atoms with Crippen molar-refractivity contribution in [3.63, 3.8) is 0 Å². The van der Waals surface area contributed by atoms with E-state index < -0.39 is 16.1 Å². The third-order valence-corrected chi connectivity index (χ3v) is 6.05. The summed E-state index contributed by atoms with van der Waals surface area (Å²) in [7, 11) is -2.40. The van der Waals surface area contributed by atoms with E-state index in [0.29, 0.717) is 8.95 Å². The highest BCUT2D eigenvalue weighted by Gasteiger charge is 2.29. The molecular weight excluding hydrogens is 402 g/mol. The van der Waals surface area contributed by atoms with Gasteiger partial charge in [0, 0.05) is 16.0 Å². The normalized spacial score (nSPS) is 14.7. The second kappa shape index (κ2) is 6.21. The van der Waals surface area contributed by atoms with Crippen molar-refractivity contribution in [1.29, 1.82) is 0 Å². The van der Waals surface area contributed by atoms with Crippen molar-refractivity contribution >= 4 is 47.7 Å². The number of likely N-dealkylation sites (N-methyl/N-ethyl adjacent to an activating group) is 1. The quantitative estimate of drug-likeness (QED) is 0.340. The second-order valence-corrected chi connectivity index (χ2v) is 7.53.